The van der Waals surface area contributed by atoms with Crippen LogP contribution in [0.25, 0.3) is 11.3 Å². The van der Waals surface area contributed by atoms with Crippen LogP contribution < -0.4 is 5.32 Å². The van der Waals surface area contributed by atoms with Crippen LogP contribution >= 0.6 is 11.3 Å². The summed E-state index contributed by atoms with van der Waals surface area (Å²) in [5.74, 6) is 1.43. The molecule has 1 N–H and O–H groups in total. The summed E-state index contributed by atoms with van der Waals surface area (Å²) in [6.45, 7) is 4.46. The molecule has 1 aliphatic rings. The molecule has 3 nitrogen and oxygen atoms in total. The molecule has 1 aliphatic carbocycles. The van der Waals surface area contributed by atoms with Crippen molar-refractivity contribution in [1.82, 2.24) is 4.98 Å². The summed E-state index contributed by atoms with van der Waals surface area (Å²) in [5, 5.41) is 5.69. The molecule has 0 radical (unpaired) electrons. The normalized spacial score (nSPS) is 16.1. The number of carbonyl (C=O) groups excluding carboxylic acids is 1. The van der Waals surface area contributed by atoms with Crippen molar-refractivity contribution >= 4 is 22.4 Å². The second-order valence-electron chi connectivity index (χ2n) is 7.21. The average Bonchev–Trinajstić information content (AvgIpc) is 3.31. The van der Waals surface area contributed by atoms with Crippen LogP contribution in [0.15, 0.2) is 29.6 Å². The Morgan fingerprint density at radius 2 is 2.00 bits per heavy atom. The first-order valence-electron chi connectivity index (χ1n) is 9.51. The topological polar surface area (TPSA) is 42.0 Å². The summed E-state index contributed by atoms with van der Waals surface area (Å²) in [6, 6.07) is 8.62. The minimum atomic E-state index is 0.0971. The Balaban J connectivity index is 1.55. The Morgan fingerprint density at radius 3 is 2.68 bits per heavy atom. The molecule has 2 aromatic rings. The van der Waals surface area contributed by atoms with E-state index in [4.69, 9.17) is 0 Å². The lowest BCUT2D eigenvalue weighted by molar-refractivity contribution is -0.116. The minimum Gasteiger partial charge on any atom is -0.302 e. The van der Waals surface area contributed by atoms with Gasteiger partial charge >= 0.3 is 0 Å². The van der Waals surface area contributed by atoms with Crippen molar-refractivity contribution in [2.45, 2.75) is 64.7 Å². The molecule has 1 aromatic carbocycles. The number of nitrogens with zero attached hydrogens (tertiary/aromatic N) is 1. The lowest BCUT2D eigenvalue weighted by atomic mass is 9.97. The van der Waals surface area contributed by atoms with Gasteiger partial charge < -0.3 is 5.32 Å². The Kier molecular flexibility index (Phi) is 6.24. The van der Waals surface area contributed by atoms with Crippen LogP contribution in [-0.2, 0) is 4.79 Å². The number of amides is 1. The smallest absolute Gasteiger partial charge is 0.226 e. The maximum absolute atomic E-state index is 12.1. The maximum atomic E-state index is 12.1. The highest BCUT2D eigenvalue weighted by molar-refractivity contribution is 7.14. The zero-order valence-electron chi connectivity index (χ0n) is 15.3. The fourth-order valence-electron chi connectivity index (χ4n) is 3.50. The SMILES string of the molecule is CCC(C)c1ccc(-c2csc(NC(=O)CCC3CCCC3)n2)cc1. The molecule has 1 amide bonds. The van der Waals surface area contributed by atoms with Gasteiger partial charge in [0.2, 0.25) is 5.91 Å². The molecule has 1 aromatic heterocycles. The van der Waals surface area contributed by atoms with Crippen LogP contribution in [-0.4, -0.2) is 10.9 Å². The zero-order chi connectivity index (χ0) is 17.6. The predicted octanol–water partition coefficient (Wildman–Crippen LogP) is 6.23. The van der Waals surface area contributed by atoms with E-state index in [1.165, 1.54) is 42.6 Å². The van der Waals surface area contributed by atoms with Gasteiger partial charge in [-0.3, -0.25) is 4.79 Å². The summed E-state index contributed by atoms with van der Waals surface area (Å²) < 4.78 is 0. The number of nitrogens with one attached hydrogen (secondary N) is 1. The van der Waals surface area contributed by atoms with Gasteiger partial charge in [-0.15, -0.1) is 11.3 Å². The van der Waals surface area contributed by atoms with Gasteiger partial charge in [0.15, 0.2) is 5.13 Å². The second kappa shape index (κ2) is 8.61. The van der Waals surface area contributed by atoms with Crippen LogP contribution in [0.1, 0.15) is 70.3 Å². The molecule has 0 bridgehead atoms. The molecule has 0 aliphatic heterocycles. The highest BCUT2D eigenvalue weighted by atomic mass is 32.1. The quantitative estimate of drug-likeness (QED) is 0.638. The Bertz CT molecular complexity index is 686. The molecule has 1 fully saturated rings. The molecule has 134 valence electrons. The first-order chi connectivity index (χ1) is 12.2. The summed E-state index contributed by atoms with van der Waals surface area (Å²) in [7, 11) is 0. The molecule has 3 rings (SSSR count). The molecule has 1 saturated carbocycles. The van der Waals surface area contributed by atoms with E-state index in [9.17, 15) is 4.79 Å². The van der Waals surface area contributed by atoms with Crippen LogP contribution in [0.4, 0.5) is 5.13 Å². The van der Waals surface area contributed by atoms with Gasteiger partial charge in [-0.05, 0) is 30.2 Å². The molecule has 25 heavy (non-hydrogen) atoms. The summed E-state index contributed by atoms with van der Waals surface area (Å²) in [5.41, 5.74) is 3.41. The lowest BCUT2D eigenvalue weighted by Crippen LogP contribution is -2.12. The molecule has 0 spiro atoms. The fraction of sp³-hybridized carbons (Fsp3) is 0.524. The van der Waals surface area contributed by atoms with Gasteiger partial charge in [-0.2, -0.15) is 0 Å². The number of carbonyl (C=O) groups is 1. The van der Waals surface area contributed by atoms with E-state index in [1.807, 2.05) is 5.38 Å². The third-order valence-electron chi connectivity index (χ3n) is 5.39. The monoisotopic (exact) mass is 356 g/mol. The van der Waals surface area contributed by atoms with Crippen molar-refractivity contribution < 1.29 is 4.79 Å². The van der Waals surface area contributed by atoms with E-state index in [2.05, 4.69) is 48.4 Å². The van der Waals surface area contributed by atoms with E-state index >= 15 is 0 Å². The third-order valence-corrected chi connectivity index (χ3v) is 6.15. The van der Waals surface area contributed by atoms with Gasteiger partial charge in [-0.25, -0.2) is 4.98 Å². The molecule has 1 atom stereocenters. The first-order valence-corrected chi connectivity index (χ1v) is 10.4. The van der Waals surface area contributed by atoms with Crippen molar-refractivity contribution in [3.8, 4) is 11.3 Å². The number of rotatable bonds is 7. The number of anilines is 1. The molecule has 1 heterocycles. The number of benzene rings is 1. The van der Waals surface area contributed by atoms with Crippen molar-refractivity contribution in [3.05, 3.63) is 35.2 Å². The van der Waals surface area contributed by atoms with Gasteiger partial charge in [0.25, 0.3) is 0 Å². The Hall–Kier alpha value is -1.68. The standard InChI is InChI=1S/C21H28N2OS/c1-3-15(2)17-9-11-18(12-10-17)19-14-25-21(22-19)23-20(24)13-8-16-6-4-5-7-16/h9-12,14-16H,3-8,13H2,1-2H3,(H,22,23,24). The summed E-state index contributed by atoms with van der Waals surface area (Å²) in [6.07, 6.45) is 8.02. The third kappa shape index (κ3) is 4.91. The molecular formula is C21H28N2OS. The predicted molar refractivity (Wildman–Crippen MR) is 106 cm³/mol. The van der Waals surface area contributed by atoms with Gasteiger partial charge in [0.1, 0.15) is 0 Å². The maximum Gasteiger partial charge on any atom is 0.226 e. The van der Waals surface area contributed by atoms with E-state index in [0.717, 1.165) is 30.0 Å². The first kappa shape index (κ1) is 18.1. The van der Waals surface area contributed by atoms with E-state index in [0.29, 0.717) is 17.5 Å². The molecule has 1 unspecified atom stereocenters. The van der Waals surface area contributed by atoms with Gasteiger partial charge in [0.05, 0.1) is 5.69 Å². The zero-order valence-corrected chi connectivity index (χ0v) is 16.1. The van der Waals surface area contributed by atoms with Crippen LogP contribution in [0.3, 0.4) is 0 Å². The van der Waals surface area contributed by atoms with Crippen molar-refractivity contribution in [2.24, 2.45) is 5.92 Å². The Labute approximate surface area is 154 Å². The number of hydrogen-bond acceptors (Lipinski definition) is 3. The van der Waals surface area contributed by atoms with Crippen LogP contribution in [0.5, 0.6) is 0 Å². The van der Waals surface area contributed by atoms with Crippen molar-refractivity contribution in [2.75, 3.05) is 5.32 Å². The molecule has 0 saturated heterocycles. The second-order valence-corrected chi connectivity index (χ2v) is 8.06. The van der Waals surface area contributed by atoms with Gasteiger partial charge in [0, 0.05) is 17.4 Å². The summed E-state index contributed by atoms with van der Waals surface area (Å²) >= 11 is 1.50. The highest BCUT2D eigenvalue weighted by Crippen LogP contribution is 2.29. The van der Waals surface area contributed by atoms with E-state index in [-0.39, 0.29) is 5.91 Å². The number of aromatic nitrogens is 1. The van der Waals surface area contributed by atoms with Crippen LogP contribution in [0.2, 0.25) is 0 Å². The highest BCUT2D eigenvalue weighted by Gasteiger charge is 2.16. The van der Waals surface area contributed by atoms with Crippen LogP contribution in [0, 0.1) is 5.92 Å². The Morgan fingerprint density at radius 1 is 1.28 bits per heavy atom. The number of hydrogen-bond donors (Lipinski definition) is 1. The minimum absolute atomic E-state index is 0.0971. The largest absolute Gasteiger partial charge is 0.302 e. The summed E-state index contributed by atoms with van der Waals surface area (Å²) in [4.78, 5) is 16.7. The lowest BCUT2D eigenvalue weighted by Gasteiger charge is -2.09. The van der Waals surface area contributed by atoms with E-state index in [1.54, 1.807) is 0 Å². The average molecular weight is 357 g/mol. The van der Waals surface area contributed by atoms with E-state index < -0.39 is 0 Å². The molecular weight excluding hydrogens is 328 g/mol. The van der Waals surface area contributed by atoms with Gasteiger partial charge in [-0.1, -0.05) is 63.8 Å². The number of thiazole rings is 1. The fourth-order valence-corrected chi connectivity index (χ4v) is 4.23. The van der Waals surface area contributed by atoms with Crippen molar-refractivity contribution in [3.63, 3.8) is 0 Å². The molecule has 4 heteroatoms. The van der Waals surface area contributed by atoms with Crippen molar-refractivity contribution in [1.29, 1.82) is 0 Å².